The summed E-state index contributed by atoms with van der Waals surface area (Å²) in [6.45, 7) is 6.04. The molecule has 0 N–H and O–H groups in total. The highest BCUT2D eigenvalue weighted by Gasteiger charge is 2.61. The number of rotatable bonds is 5. The zero-order valence-electron chi connectivity index (χ0n) is 23.4. The molecule has 1 aromatic rings. The largest absolute Gasteiger partial charge is 0.462 e. The molecule has 1 heterocycles. The van der Waals surface area contributed by atoms with Crippen LogP contribution in [-0.2, 0) is 39.1 Å². The van der Waals surface area contributed by atoms with Crippen LogP contribution in [0.1, 0.15) is 77.7 Å². The third-order valence-corrected chi connectivity index (χ3v) is 12.8. The third kappa shape index (κ3) is 4.63. The molecule has 0 aromatic heterocycles. The highest BCUT2D eigenvalue weighted by molar-refractivity contribution is 7.62. The van der Waals surface area contributed by atoms with Gasteiger partial charge in [0.2, 0.25) is 0 Å². The summed E-state index contributed by atoms with van der Waals surface area (Å²) in [4.78, 5) is 23.7. The van der Waals surface area contributed by atoms with Crippen LogP contribution in [-0.4, -0.2) is 37.4 Å². The van der Waals surface area contributed by atoms with Gasteiger partial charge in [0.25, 0.3) is 0 Å². The van der Waals surface area contributed by atoms with Gasteiger partial charge in [-0.15, -0.1) is 0 Å². The number of fused-ring (bicyclic) bond motifs is 6. The Kier molecular flexibility index (Phi) is 7.09. The number of ether oxygens (including phenoxy) is 2. The predicted molar refractivity (Wildman–Crippen MR) is 146 cm³/mol. The molecule has 0 saturated heterocycles. The van der Waals surface area contributed by atoms with Gasteiger partial charge in [-0.3, -0.25) is 14.2 Å². The van der Waals surface area contributed by atoms with Crippen molar-refractivity contribution in [3.05, 3.63) is 41.5 Å². The van der Waals surface area contributed by atoms with Gasteiger partial charge >= 0.3 is 19.5 Å². The first-order chi connectivity index (χ1) is 18.6. The Labute approximate surface area is 231 Å². The lowest BCUT2D eigenvalue weighted by Crippen LogP contribution is -2.54. The van der Waals surface area contributed by atoms with Crippen LogP contribution in [0.4, 0.5) is 0 Å². The van der Waals surface area contributed by atoms with E-state index >= 15 is 0 Å². The molecule has 3 saturated carbocycles. The lowest BCUT2D eigenvalue weighted by atomic mass is 9.47. The second-order valence-electron chi connectivity index (χ2n) is 12.7. The van der Waals surface area contributed by atoms with Crippen molar-refractivity contribution in [2.45, 2.75) is 90.8 Å². The normalized spacial score (nSPS) is 40.8. The molecule has 5 aliphatic rings. The van der Waals surface area contributed by atoms with Gasteiger partial charge in [0.1, 0.15) is 12.2 Å². The molecule has 8 heteroatoms. The first-order valence-corrected chi connectivity index (χ1v) is 16.2. The highest BCUT2D eigenvalue weighted by atomic mass is 31.2. The molecule has 7 nitrogen and oxygen atoms in total. The molecule has 0 spiro atoms. The number of hydrogen-bond donors (Lipinski definition) is 0. The zero-order chi connectivity index (χ0) is 27.4. The molecule has 0 radical (unpaired) electrons. The Morgan fingerprint density at radius 2 is 1.82 bits per heavy atom. The Balaban J connectivity index is 1.32. The van der Waals surface area contributed by atoms with Crippen LogP contribution in [0.2, 0.25) is 0 Å². The van der Waals surface area contributed by atoms with Crippen molar-refractivity contribution in [1.82, 2.24) is 0 Å². The fraction of sp³-hybridized carbons (Fsp3) is 0.677. The lowest BCUT2D eigenvalue weighted by Gasteiger charge is -2.58. The van der Waals surface area contributed by atoms with Crippen LogP contribution >= 0.6 is 7.60 Å². The van der Waals surface area contributed by atoms with E-state index in [1.54, 1.807) is 0 Å². The van der Waals surface area contributed by atoms with E-state index in [4.69, 9.17) is 18.5 Å². The maximum absolute atomic E-state index is 14.1. The number of benzene rings is 1. The van der Waals surface area contributed by atoms with Crippen LogP contribution < -0.4 is 5.30 Å². The first-order valence-electron chi connectivity index (χ1n) is 14.7. The molecule has 212 valence electrons. The first kappa shape index (κ1) is 27.2. The van der Waals surface area contributed by atoms with Crippen molar-refractivity contribution in [1.29, 1.82) is 0 Å². The van der Waals surface area contributed by atoms with E-state index in [1.165, 1.54) is 19.4 Å². The summed E-state index contributed by atoms with van der Waals surface area (Å²) in [5.41, 5.74) is 2.04. The molecule has 1 unspecified atom stereocenters. The SMILES string of the molecule is CC(=O)O[C@H]1CC[C@@]2(COP3(=O)OCCc4ccccc43)C(=CC[C@@H]3[C@@H]2CC[C@]2(C)[C@@H](OC(C)=O)CC[C@@H]32)C1. The van der Waals surface area contributed by atoms with Gasteiger partial charge in [-0.05, 0) is 80.8 Å². The Morgan fingerprint density at radius 1 is 1.03 bits per heavy atom. The Morgan fingerprint density at radius 3 is 2.62 bits per heavy atom. The Hall–Kier alpha value is -1.95. The molecular weight excluding hydrogens is 515 g/mol. The third-order valence-electron chi connectivity index (χ3n) is 10.7. The number of hydrogen-bond acceptors (Lipinski definition) is 7. The van der Waals surface area contributed by atoms with Crippen LogP contribution in [0.15, 0.2) is 35.9 Å². The molecule has 8 atom stereocenters. The maximum atomic E-state index is 14.1. The van der Waals surface area contributed by atoms with Gasteiger partial charge in [-0.25, -0.2) is 0 Å². The molecule has 39 heavy (non-hydrogen) atoms. The average molecular weight is 557 g/mol. The fourth-order valence-corrected chi connectivity index (χ4v) is 10.9. The molecule has 1 aromatic carbocycles. The van der Waals surface area contributed by atoms with Crippen molar-refractivity contribution in [3.8, 4) is 0 Å². The lowest BCUT2D eigenvalue weighted by molar-refractivity contribution is -0.157. The fourth-order valence-electron chi connectivity index (χ4n) is 9.02. The molecule has 4 aliphatic carbocycles. The van der Waals surface area contributed by atoms with E-state index in [1.807, 2.05) is 24.3 Å². The molecular formula is C31H41O7P. The number of carbonyl (C=O) groups excluding carboxylic acids is 2. The van der Waals surface area contributed by atoms with Gasteiger partial charge in [-0.1, -0.05) is 36.8 Å². The van der Waals surface area contributed by atoms with Gasteiger partial charge in [-0.2, -0.15) is 0 Å². The molecule has 6 rings (SSSR count). The van der Waals surface area contributed by atoms with Crippen molar-refractivity contribution < 1.29 is 32.7 Å². The number of allylic oxidation sites excluding steroid dienone is 1. The monoisotopic (exact) mass is 556 g/mol. The summed E-state index contributed by atoms with van der Waals surface area (Å²) in [5.74, 6) is 0.842. The predicted octanol–water partition coefficient (Wildman–Crippen LogP) is 5.90. The smallest absolute Gasteiger partial charge is 0.361 e. The molecule has 1 aliphatic heterocycles. The minimum atomic E-state index is -3.46. The average Bonchev–Trinajstić information content (AvgIpc) is 3.23. The van der Waals surface area contributed by atoms with Crippen LogP contribution in [0, 0.1) is 28.6 Å². The molecule has 0 amide bonds. The van der Waals surface area contributed by atoms with Crippen LogP contribution in [0.5, 0.6) is 0 Å². The van der Waals surface area contributed by atoms with Crippen LogP contribution in [0.25, 0.3) is 0 Å². The standard InChI is InChI=1S/C31H41O7P/c1-20(32)37-24-12-16-31(19-36-39(34)28-7-5-4-6-22(28)14-17-35-39)23(18-24)8-9-25-26-10-11-29(38-21(2)33)30(26,3)15-13-27(25)31/h4-8,24-27,29H,9-19H2,1-3H3/t24-,25-,26-,27-,29-,30-,31+,39?/m0/s1. The van der Waals surface area contributed by atoms with Crippen LogP contribution in [0.3, 0.4) is 0 Å². The molecule has 3 fully saturated rings. The topological polar surface area (TPSA) is 88.1 Å². The van der Waals surface area contributed by atoms with E-state index in [0.717, 1.165) is 56.9 Å². The highest BCUT2D eigenvalue weighted by Crippen LogP contribution is 2.66. The Bertz CT molecular complexity index is 1230. The van der Waals surface area contributed by atoms with Crippen molar-refractivity contribution in [2.75, 3.05) is 13.2 Å². The summed E-state index contributed by atoms with van der Waals surface area (Å²) >= 11 is 0. The summed E-state index contributed by atoms with van der Waals surface area (Å²) in [5, 5.41) is 0.690. The number of carbonyl (C=O) groups is 2. The minimum Gasteiger partial charge on any atom is -0.462 e. The molecule has 0 bridgehead atoms. The van der Waals surface area contributed by atoms with Gasteiger partial charge in [0.15, 0.2) is 0 Å². The minimum absolute atomic E-state index is 0.0205. The summed E-state index contributed by atoms with van der Waals surface area (Å²) in [7, 11) is -3.46. The van der Waals surface area contributed by atoms with E-state index in [2.05, 4.69) is 13.0 Å². The zero-order valence-corrected chi connectivity index (χ0v) is 24.3. The number of esters is 2. The van der Waals surface area contributed by atoms with E-state index in [9.17, 15) is 14.2 Å². The van der Waals surface area contributed by atoms with Crippen molar-refractivity contribution >= 4 is 24.8 Å². The van der Waals surface area contributed by atoms with E-state index < -0.39 is 7.60 Å². The maximum Gasteiger partial charge on any atom is 0.361 e. The summed E-state index contributed by atoms with van der Waals surface area (Å²) in [6.07, 6.45) is 10.2. The van der Waals surface area contributed by atoms with E-state index in [0.29, 0.717) is 42.7 Å². The van der Waals surface area contributed by atoms with Crippen molar-refractivity contribution in [2.24, 2.45) is 28.6 Å². The quantitative estimate of drug-likeness (QED) is 0.253. The second-order valence-corrected chi connectivity index (χ2v) is 14.7. The van der Waals surface area contributed by atoms with E-state index in [-0.39, 0.29) is 35.0 Å². The second kappa shape index (κ2) is 10.2. The van der Waals surface area contributed by atoms with Crippen molar-refractivity contribution in [3.63, 3.8) is 0 Å². The van der Waals surface area contributed by atoms with Gasteiger partial charge in [0.05, 0.1) is 18.5 Å². The van der Waals surface area contributed by atoms with Gasteiger partial charge < -0.3 is 18.5 Å². The summed E-state index contributed by atoms with van der Waals surface area (Å²) in [6, 6.07) is 7.76. The van der Waals surface area contributed by atoms with Gasteiger partial charge in [0, 0.05) is 31.1 Å². The summed E-state index contributed by atoms with van der Waals surface area (Å²) < 4.78 is 38.0.